The number of hydrogen-bond acceptors (Lipinski definition) is 5. The highest BCUT2D eigenvalue weighted by Crippen LogP contribution is 2.34. The molecule has 0 atom stereocenters. The molecule has 0 spiro atoms. The molecule has 1 amide bonds. The van der Waals surface area contributed by atoms with Gasteiger partial charge in [-0.3, -0.25) is 14.7 Å². The molecule has 2 aliphatic rings. The van der Waals surface area contributed by atoms with Crippen LogP contribution in [0.25, 0.3) is 0 Å². The number of likely N-dealkylation sites (tertiary alicyclic amines) is 2. The van der Waals surface area contributed by atoms with Crippen LogP contribution >= 0.6 is 15.9 Å². The fourth-order valence-corrected chi connectivity index (χ4v) is 5.46. The Bertz CT molecular complexity index is 1010. The second-order valence-electron chi connectivity index (χ2n) is 9.59. The molecule has 2 saturated heterocycles. The monoisotopic (exact) mass is 526 g/mol. The summed E-state index contributed by atoms with van der Waals surface area (Å²) in [6.07, 6.45) is 5.86. The minimum atomic E-state index is 0.109. The van der Waals surface area contributed by atoms with Crippen LogP contribution in [0.5, 0.6) is 0 Å². The summed E-state index contributed by atoms with van der Waals surface area (Å²) in [5, 5.41) is 4.52. The second-order valence-corrected chi connectivity index (χ2v) is 10.5. The number of amides is 1. The Hall–Kier alpha value is -2.25. The summed E-state index contributed by atoms with van der Waals surface area (Å²) in [6, 6.07) is 12.1. The first-order chi connectivity index (χ1) is 16.4. The molecule has 2 aliphatic heterocycles. The molecule has 1 aromatic heterocycles. The molecule has 1 aromatic carbocycles. The predicted molar refractivity (Wildman–Crippen MR) is 139 cm³/mol. The van der Waals surface area contributed by atoms with E-state index in [-0.39, 0.29) is 11.4 Å². The zero-order chi connectivity index (χ0) is 24.1. The quantitative estimate of drug-likeness (QED) is 0.378. The smallest absolute Gasteiger partial charge is 0.255 e. The molecule has 2 fully saturated rings. The van der Waals surface area contributed by atoms with Gasteiger partial charge in [0, 0.05) is 40.9 Å². The number of aromatic nitrogens is 1. The zero-order valence-electron chi connectivity index (χ0n) is 20.5. The van der Waals surface area contributed by atoms with E-state index in [2.05, 4.69) is 62.2 Å². The first kappa shape index (κ1) is 24.9. The number of oxime groups is 1. The third-order valence-electron chi connectivity index (χ3n) is 7.44. The number of nitrogens with zero attached hydrogens (tertiary/aromatic N) is 4. The number of aryl methyl sites for hydroxylation is 1. The topological polar surface area (TPSA) is 58.0 Å². The number of carbonyl (C=O) groups excluding carboxylic acids is 1. The van der Waals surface area contributed by atoms with Crippen molar-refractivity contribution in [3.8, 4) is 0 Å². The molecule has 0 radical (unpaired) electrons. The van der Waals surface area contributed by atoms with Crippen LogP contribution in [0.4, 0.5) is 0 Å². The maximum absolute atomic E-state index is 13.0. The van der Waals surface area contributed by atoms with Crippen molar-refractivity contribution in [3.05, 3.63) is 63.9 Å². The van der Waals surface area contributed by atoms with Crippen LogP contribution in [0.2, 0.25) is 0 Å². The van der Waals surface area contributed by atoms with Gasteiger partial charge < -0.3 is 9.74 Å². The largest absolute Gasteiger partial charge is 0.396 e. The van der Waals surface area contributed by atoms with E-state index in [9.17, 15) is 4.79 Å². The number of carbonyl (C=O) groups is 1. The first-order valence-electron chi connectivity index (χ1n) is 12.3. The molecule has 2 aromatic rings. The first-order valence-corrected chi connectivity index (χ1v) is 13.1. The van der Waals surface area contributed by atoms with Crippen LogP contribution in [0.1, 0.15) is 61.1 Å². The van der Waals surface area contributed by atoms with E-state index < -0.39 is 0 Å². The second kappa shape index (κ2) is 11.0. The van der Waals surface area contributed by atoms with Crippen molar-refractivity contribution >= 4 is 27.5 Å². The number of hydrogen-bond donors (Lipinski definition) is 0. The van der Waals surface area contributed by atoms with Crippen LogP contribution < -0.4 is 0 Å². The lowest BCUT2D eigenvalue weighted by molar-refractivity contribution is 0.0161. The van der Waals surface area contributed by atoms with Gasteiger partial charge in [0.1, 0.15) is 6.61 Å². The van der Waals surface area contributed by atoms with Crippen LogP contribution in [0.15, 0.2) is 52.2 Å². The van der Waals surface area contributed by atoms with Crippen molar-refractivity contribution in [1.29, 1.82) is 0 Å². The predicted octanol–water partition coefficient (Wildman–Crippen LogP) is 5.30. The molecular formula is C27H35BrN4O2. The van der Waals surface area contributed by atoms with E-state index in [1.807, 2.05) is 30.9 Å². The van der Waals surface area contributed by atoms with Gasteiger partial charge in [-0.25, -0.2) is 0 Å². The highest BCUT2D eigenvalue weighted by atomic mass is 79.9. The van der Waals surface area contributed by atoms with E-state index in [1.165, 1.54) is 0 Å². The van der Waals surface area contributed by atoms with Gasteiger partial charge in [-0.2, -0.15) is 0 Å². The Balaban J connectivity index is 1.36. The Morgan fingerprint density at radius 3 is 2.44 bits per heavy atom. The molecule has 4 rings (SSSR count). The fourth-order valence-electron chi connectivity index (χ4n) is 5.20. The summed E-state index contributed by atoms with van der Waals surface area (Å²) in [5.41, 5.74) is 3.85. The summed E-state index contributed by atoms with van der Waals surface area (Å²) in [5.74, 6) is 0.500. The van der Waals surface area contributed by atoms with Gasteiger partial charge in [-0.15, -0.1) is 0 Å². The van der Waals surface area contributed by atoms with Gasteiger partial charge in [0.15, 0.2) is 0 Å². The lowest BCUT2D eigenvalue weighted by Crippen LogP contribution is -2.56. The number of benzene rings is 1. The molecule has 0 N–H and O–H groups in total. The normalized spacial score (nSPS) is 19.8. The lowest BCUT2D eigenvalue weighted by Gasteiger charge is -2.49. The van der Waals surface area contributed by atoms with Crippen LogP contribution in [0, 0.1) is 12.8 Å². The Kier molecular flexibility index (Phi) is 8.04. The van der Waals surface area contributed by atoms with Crippen LogP contribution in [-0.4, -0.2) is 64.7 Å². The van der Waals surface area contributed by atoms with Crippen molar-refractivity contribution in [2.24, 2.45) is 11.1 Å². The molecule has 0 unspecified atom stereocenters. The summed E-state index contributed by atoms with van der Waals surface area (Å²) >= 11 is 3.53. The van der Waals surface area contributed by atoms with Crippen molar-refractivity contribution < 1.29 is 9.63 Å². The summed E-state index contributed by atoms with van der Waals surface area (Å²) < 4.78 is 1.07. The molecular weight excluding hydrogens is 492 g/mol. The minimum Gasteiger partial charge on any atom is -0.396 e. The van der Waals surface area contributed by atoms with Gasteiger partial charge in [0.2, 0.25) is 0 Å². The third-order valence-corrected chi connectivity index (χ3v) is 7.97. The van der Waals surface area contributed by atoms with Gasteiger partial charge in [0.25, 0.3) is 5.91 Å². The summed E-state index contributed by atoms with van der Waals surface area (Å²) in [6.45, 7) is 10.5. The maximum Gasteiger partial charge on any atom is 0.255 e. The average Bonchev–Trinajstić information content (AvgIpc) is 2.86. The Labute approximate surface area is 211 Å². The van der Waals surface area contributed by atoms with E-state index in [0.717, 1.165) is 78.9 Å². The van der Waals surface area contributed by atoms with Crippen LogP contribution in [-0.2, 0) is 4.84 Å². The van der Waals surface area contributed by atoms with E-state index in [1.54, 1.807) is 6.20 Å². The Morgan fingerprint density at radius 1 is 1.15 bits per heavy atom. The van der Waals surface area contributed by atoms with Gasteiger partial charge in [-0.05, 0) is 89.4 Å². The van der Waals surface area contributed by atoms with Gasteiger partial charge in [0.05, 0.1) is 11.3 Å². The van der Waals surface area contributed by atoms with Crippen molar-refractivity contribution in [2.75, 3.05) is 32.8 Å². The molecule has 0 saturated carbocycles. The standard InChI is InChI=1S/C27H35BrN4O2/c1-4-34-30-25(21-7-9-23(28)10-8-21)22-11-16-32(17-12-22)27(3)13-18-31(19-14-27)26(33)24-6-5-15-29-20(24)2/h5-10,15,22H,4,11-14,16-19H2,1-3H3/b30-25+. The van der Waals surface area contributed by atoms with Crippen molar-refractivity contribution in [3.63, 3.8) is 0 Å². The van der Waals surface area contributed by atoms with E-state index >= 15 is 0 Å². The third kappa shape index (κ3) is 5.52. The summed E-state index contributed by atoms with van der Waals surface area (Å²) in [4.78, 5) is 27.4. The van der Waals surface area contributed by atoms with Crippen molar-refractivity contribution in [1.82, 2.24) is 14.8 Å². The van der Waals surface area contributed by atoms with E-state index in [0.29, 0.717) is 12.5 Å². The Morgan fingerprint density at radius 2 is 1.82 bits per heavy atom. The summed E-state index contributed by atoms with van der Waals surface area (Å²) in [7, 11) is 0. The fraction of sp³-hybridized carbons (Fsp3) is 0.519. The average molecular weight is 528 g/mol. The SMILES string of the molecule is CCO/N=C(\c1ccc(Br)cc1)C1CCN(C2(C)CCN(C(=O)c3cccnc3C)CC2)CC1. The van der Waals surface area contributed by atoms with Gasteiger partial charge in [-0.1, -0.05) is 33.2 Å². The number of halogens is 1. The molecule has 182 valence electrons. The molecule has 6 nitrogen and oxygen atoms in total. The molecule has 34 heavy (non-hydrogen) atoms. The molecule has 7 heteroatoms. The minimum absolute atomic E-state index is 0.109. The number of piperidine rings is 2. The van der Waals surface area contributed by atoms with Crippen LogP contribution in [0.3, 0.4) is 0 Å². The van der Waals surface area contributed by atoms with Gasteiger partial charge >= 0.3 is 0 Å². The molecule has 0 bridgehead atoms. The lowest BCUT2D eigenvalue weighted by atomic mass is 9.82. The zero-order valence-corrected chi connectivity index (χ0v) is 22.1. The number of pyridine rings is 1. The number of rotatable bonds is 6. The van der Waals surface area contributed by atoms with Crippen molar-refractivity contribution in [2.45, 2.75) is 52.0 Å². The molecule has 3 heterocycles. The maximum atomic E-state index is 13.0. The highest BCUT2D eigenvalue weighted by Gasteiger charge is 2.39. The van der Waals surface area contributed by atoms with E-state index in [4.69, 9.17) is 4.84 Å². The highest BCUT2D eigenvalue weighted by molar-refractivity contribution is 9.10. The molecule has 0 aliphatic carbocycles.